The average molecular weight is 533 g/mol. The Balaban J connectivity index is 1.53. The number of amides is 3. The number of hydrogen-bond donors (Lipinski definition) is 3. The summed E-state index contributed by atoms with van der Waals surface area (Å²) in [5.74, 6) is -0.991. The molecule has 0 aliphatic heterocycles. The minimum atomic E-state index is -0.934. The fourth-order valence-corrected chi connectivity index (χ4v) is 3.08. The molecule has 2 aromatic carbocycles. The topological polar surface area (TPSA) is 131 Å². The van der Waals surface area contributed by atoms with Gasteiger partial charge in [-0.3, -0.25) is 14.4 Å². The van der Waals surface area contributed by atoms with Crippen molar-refractivity contribution in [2.24, 2.45) is 5.10 Å². The van der Waals surface area contributed by atoms with Crippen LogP contribution in [0.5, 0.6) is 11.5 Å². The molecule has 3 amide bonds. The summed E-state index contributed by atoms with van der Waals surface area (Å²) in [4.78, 5) is 35.9. The number of carbonyl (C=O) groups excluding carboxylic acids is 3. The van der Waals surface area contributed by atoms with Crippen molar-refractivity contribution in [3.63, 3.8) is 0 Å². The second kappa shape index (κ2) is 13.2. The summed E-state index contributed by atoms with van der Waals surface area (Å²) < 4.78 is 16.3. The molecule has 0 radical (unpaired) electrons. The molecule has 0 unspecified atom stereocenters. The molecule has 0 aliphatic rings. The molecule has 188 valence electrons. The lowest BCUT2D eigenvalue weighted by Crippen LogP contribution is -2.37. The lowest BCUT2D eigenvalue weighted by Gasteiger charge is -2.13. The van der Waals surface area contributed by atoms with E-state index in [2.05, 4.69) is 21.2 Å². The van der Waals surface area contributed by atoms with Crippen LogP contribution in [0.1, 0.15) is 18.2 Å². The Bertz CT molecular complexity index is 1250. The Morgan fingerprint density at radius 3 is 2.56 bits per heavy atom. The van der Waals surface area contributed by atoms with Crippen LogP contribution in [0.15, 0.2) is 64.3 Å². The van der Waals surface area contributed by atoms with Crippen molar-refractivity contribution in [3.8, 4) is 11.5 Å². The molecule has 3 rings (SSSR count). The van der Waals surface area contributed by atoms with Gasteiger partial charge in [-0.25, -0.2) is 5.43 Å². The van der Waals surface area contributed by atoms with Crippen LogP contribution in [-0.2, 0) is 20.9 Å². The lowest BCUT2D eigenvalue weighted by atomic mass is 10.2. The molecule has 0 saturated heterocycles. The van der Waals surface area contributed by atoms with E-state index in [-0.39, 0.29) is 13.2 Å². The number of nitrogens with zero attached hydrogens (tertiary/aromatic N) is 1. The van der Waals surface area contributed by atoms with E-state index in [9.17, 15) is 14.4 Å². The molecule has 3 aromatic rings. The van der Waals surface area contributed by atoms with E-state index in [1.807, 2.05) is 0 Å². The van der Waals surface area contributed by atoms with Crippen molar-refractivity contribution in [1.29, 1.82) is 0 Å². The summed E-state index contributed by atoms with van der Waals surface area (Å²) in [6, 6.07) is 12.9. The van der Waals surface area contributed by atoms with Gasteiger partial charge in [0.25, 0.3) is 5.91 Å². The number of nitrogens with one attached hydrogen (secondary N) is 3. The van der Waals surface area contributed by atoms with Crippen LogP contribution < -0.4 is 25.5 Å². The summed E-state index contributed by atoms with van der Waals surface area (Å²) >= 11 is 11.8. The number of furan rings is 1. The third-order valence-electron chi connectivity index (χ3n) is 4.42. The average Bonchev–Trinajstić information content (AvgIpc) is 3.38. The molecular formula is C24H22Cl2N4O6. The highest BCUT2D eigenvalue weighted by molar-refractivity contribution is 6.42. The van der Waals surface area contributed by atoms with Crippen LogP contribution >= 0.6 is 23.2 Å². The first-order valence-corrected chi connectivity index (χ1v) is 11.4. The molecule has 1 heterocycles. The van der Waals surface area contributed by atoms with E-state index in [0.717, 1.165) is 0 Å². The van der Waals surface area contributed by atoms with Crippen molar-refractivity contribution >= 4 is 52.8 Å². The third kappa shape index (κ3) is 8.03. The monoisotopic (exact) mass is 532 g/mol. The van der Waals surface area contributed by atoms with Gasteiger partial charge in [-0.2, -0.15) is 5.10 Å². The zero-order chi connectivity index (χ0) is 25.9. The SMILES string of the molecule is CCOc1cc(/C=N\NC(=O)C(=O)NCc2ccco2)ccc1OCC(=O)Nc1ccc(Cl)c(Cl)c1. The second-order valence-electron chi connectivity index (χ2n) is 7.07. The van der Waals surface area contributed by atoms with Crippen LogP contribution in [0.4, 0.5) is 5.69 Å². The van der Waals surface area contributed by atoms with Gasteiger partial charge in [0, 0.05) is 5.69 Å². The van der Waals surface area contributed by atoms with E-state index in [4.69, 9.17) is 37.1 Å². The van der Waals surface area contributed by atoms with Gasteiger partial charge in [0.1, 0.15) is 5.76 Å². The van der Waals surface area contributed by atoms with E-state index in [1.54, 1.807) is 49.4 Å². The van der Waals surface area contributed by atoms with Crippen molar-refractivity contribution in [2.75, 3.05) is 18.5 Å². The van der Waals surface area contributed by atoms with E-state index < -0.39 is 17.7 Å². The largest absolute Gasteiger partial charge is 0.490 e. The summed E-state index contributed by atoms with van der Waals surface area (Å²) in [5.41, 5.74) is 3.18. The number of anilines is 1. The zero-order valence-corrected chi connectivity index (χ0v) is 20.6. The van der Waals surface area contributed by atoms with Gasteiger partial charge in [-0.05, 0) is 61.0 Å². The van der Waals surface area contributed by atoms with Crippen molar-refractivity contribution < 1.29 is 28.3 Å². The van der Waals surface area contributed by atoms with Gasteiger partial charge in [0.05, 0.1) is 35.7 Å². The fraction of sp³-hybridized carbons (Fsp3) is 0.167. The molecule has 36 heavy (non-hydrogen) atoms. The first-order valence-electron chi connectivity index (χ1n) is 10.6. The first-order chi connectivity index (χ1) is 17.4. The summed E-state index contributed by atoms with van der Waals surface area (Å²) in [5, 5.41) is 9.55. The number of halogens is 2. The number of carbonyl (C=O) groups is 3. The van der Waals surface area contributed by atoms with Crippen LogP contribution in [-0.4, -0.2) is 37.1 Å². The summed E-state index contributed by atoms with van der Waals surface area (Å²) in [7, 11) is 0. The number of ether oxygens (including phenoxy) is 2. The van der Waals surface area contributed by atoms with Crippen molar-refractivity contribution in [2.45, 2.75) is 13.5 Å². The number of hydrazone groups is 1. The number of hydrogen-bond acceptors (Lipinski definition) is 7. The molecule has 0 aliphatic carbocycles. The molecule has 1 aromatic heterocycles. The van der Waals surface area contributed by atoms with E-state index in [1.165, 1.54) is 18.5 Å². The maximum atomic E-state index is 12.2. The van der Waals surface area contributed by atoms with Crippen molar-refractivity contribution in [1.82, 2.24) is 10.7 Å². The molecule has 10 nitrogen and oxygen atoms in total. The maximum Gasteiger partial charge on any atom is 0.329 e. The number of rotatable bonds is 10. The van der Waals surface area contributed by atoms with Gasteiger partial charge in [0.15, 0.2) is 18.1 Å². The maximum absolute atomic E-state index is 12.2. The zero-order valence-electron chi connectivity index (χ0n) is 19.0. The van der Waals surface area contributed by atoms with Crippen LogP contribution in [0.2, 0.25) is 10.0 Å². The van der Waals surface area contributed by atoms with E-state index in [0.29, 0.717) is 45.2 Å². The summed E-state index contributed by atoms with van der Waals surface area (Å²) in [6.45, 7) is 1.94. The van der Waals surface area contributed by atoms with Gasteiger partial charge >= 0.3 is 11.8 Å². The van der Waals surface area contributed by atoms with Crippen LogP contribution in [0.25, 0.3) is 0 Å². The highest BCUT2D eigenvalue weighted by atomic mass is 35.5. The molecule has 0 fully saturated rings. The molecule has 0 atom stereocenters. The summed E-state index contributed by atoms with van der Waals surface area (Å²) in [6.07, 6.45) is 2.80. The normalized spacial score (nSPS) is 10.6. The molecule has 3 N–H and O–H groups in total. The molecule has 0 spiro atoms. The van der Waals surface area contributed by atoms with Crippen molar-refractivity contribution in [3.05, 3.63) is 76.2 Å². The second-order valence-corrected chi connectivity index (χ2v) is 7.88. The fourth-order valence-electron chi connectivity index (χ4n) is 2.78. The van der Waals surface area contributed by atoms with Gasteiger partial charge in [-0.1, -0.05) is 23.2 Å². The quantitative estimate of drug-likeness (QED) is 0.207. The van der Waals surface area contributed by atoms with Crippen LogP contribution in [0.3, 0.4) is 0 Å². The molecule has 0 bridgehead atoms. The molecular weight excluding hydrogens is 511 g/mol. The molecule has 0 saturated carbocycles. The highest BCUT2D eigenvalue weighted by Gasteiger charge is 2.13. The Morgan fingerprint density at radius 2 is 1.83 bits per heavy atom. The molecule has 12 heteroatoms. The van der Waals surface area contributed by atoms with E-state index >= 15 is 0 Å². The predicted octanol–water partition coefficient (Wildman–Crippen LogP) is 3.77. The number of benzene rings is 2. The predicted molar refractivity (Wildman–Crippen MR) is 134 cm³/mol. The van der Waals surface area contributed by atoms with Gasteiger partial charge < -0.3 is 24.5 Å². The minimum Gasteiger partial charge on any atom is -0.490 e. The van der Waals surface area contributed by atoms with Gasteiger partial charge in [0.2, 0.25) is 0 Å². The third-order valence-corrected chi connectivity index (χ3v) is 5.16. The lowest BCUT2D eigenvalue weighted by molar-refractivity contribution is -0.139. The Hall–Kier alpha value is -4.02. The standard InChI is InChI=1S/C24H22Cl2N4O6/c1-2-34-21-10-15(12-28-30-24(33)23(32)27-13-17-4-3-9-35-17)5-8-20(21)36-14-22(31)29-16-6-7-18(25)19(26)11-16/h3-12H,2,13-14H2,1H3,(H,27,32)(H,29,31)(H,30,33)/b28-12-. The smallest absolute Gasteiger partial charge is 0.329 e. The highest BCUT2D eigenvalue weighted by Crippen LogP contribution is 2.28. The minimum absolute atomic E-state index is 0.0770. The first kappa shape index (κ1) is 26.6. The van der Waals surface area contributed by atoms with Gasteiger partial charge in [-0.15, -0.1) is 0 Å². The van der Waals surface area contributed by atoms with Crippen LogP contribution in [0, 0.1) is 0 Å². The Morgan fingerprint density at radius 1 is 1.00 bits per heavy atom. The Labute approximate surface area is 216 Å². The Kier molecular flexibility index (Phi) is 9.73.